The number of H-pyrrole nitrogens is 1. The first-order valence-electron chi connectivity index (χ1n) is 7.10. The summed E-state index contributed by atoms with van der Waals surface area (Å²) in [7, 11) is 1.62. The number of hydrogen-bond donors (Lipinski definition) is 2. The molecular weight excluding hydrogens is 292 g/mol. The zero-order chi connectivity index (χ0) is 16.2. The number of rotatable bonds is 4. The van der Waals surface area contributed by atoms with Gasteiger partial charge in [0, 0.05) is 17.3 Å². The first kappa shape index (κ1) is 14.8. The molecular formula is C17H16N4O2. The molecule has 1 aromatic heterocycles. The van der Waals surface area contributed by atoms with E-state index in [1.807, 2.05) is 36.4 Å². The maximum absolute atomic E-state index is 11.4. The van der Waals surface area contributed by atoms with Crippen molar-refractivity contribution in [1.29, 1.82) is 0 Å². The third-order valence-electron chi connectivity index (χ3n) is 3.38. The molecule has 0 unspecified atom stereocenters. The van der Waals surface area contributed by atoms with Crippen LogP contribution >= 0.6 is 0 Å². The molecule has 2 N–H and O–H groups in total. The van der Waals surface area contributed by atoms with Crippen molar-refractivity contribution in [3.8, 4) is 5.75 Å². The lowest BCUT2D eigenvalue weighted by Gasteiger charge is -2.08. The van der Waals surface area contributed by atoms with Crippen LogP contribution in [0.4, 0.5) is 5.95 Å². The molecule has 3 rings (SSSR count). The number of methoxy groups -OCH3 is 1. The third-order valence-corrected chi connectivity index (χ3v) is 3.38. The number of nitrogens with one attached hydrogen (secondary N) is 2. The fraction of sp³-hybridized carbons (Fsp3) is 0.118. The number of aromatic amines is 1. The molecule has 1 heterocycles. The van der Waals surface area contributed by atoms with E-state index in [1.165, 1.54) is 6.07 Å². The van der Waals surface area contributed by atoms with Crippen molar-refractivity contribution in [3.05, 3.63) is 64.1 Å². The lowest BCUT2D eigenvalue weighted by Crippen LogP contribution is -2.10. The van der Waals surface area contributed by atoms with E-state index < -0.39 is 0 Å². The van der Waals surface area contributed by atoms with E-state index in [0.29, 0.717) is 11.6 Å². The van der Waals surface area contributed by atoms with E-state index in [-0.39, 0.29) is 5.56 Å². The summed E-state index contributed by atoms with van der Waals surface area (Å²) in [5.41, 5.74) is 3.99. The van der Waals surface area contributed by atoms with Crippen molar-refractivity contribution in [3.63, 3.8) is 0 Å². The molecule has 0 bridgehead atoms. The van der Waals surface area contributed by atoms with E-state index in [4.69, 9.17) is 4.74 Å². The van der Waals surface area contributed by atoms with Gasteiger partial charge in [-0.2, -0.15) is 5.10 Å². The Morgan fingerprint density at radius 2 is 2.09 bits per heavy atom. The molecule has 0 aliphatic heterocycles. The van der Waals surface area contributed by atoms with Crippen LogP contribution in [0.1, 0.15) is 11.3 Å². The number of anilines is 1. The molecule has 3 aromatic rings. The van der Waals surface area contributed by atoms with Crippen molar-refractivity contribution < 1.29 is 4.74 Å². The minimum atomic E-state index is -0.224. The summed E-state index contributed by atoms with van der Waals surface area (Å²) < 4.78 is 5.40. The monoisotopic (exact) mass is 308 g/mol. The van der Waals surface area contributed by atoms with Crippen LogP contribution in [0.3, 0.4) is 0 Å². The quantitative estimate of drug-likeness (QED) is 0.573. The fourth-order valence-corrected chi connectivity index (χ4v) is 2.38. The van der Waals surface area contributed by atoms with Crippen LogP contribution in [0.2, 0.25) is 0 Å². The van der Waals surface area contributed by atoms with Crippen molar-refractivity contribution in [1.82, 2.24) is 9.97 Å². The number of fused-ring (bicyclic) bond motifs is 1. The van der Waals surface area contributed by atoms with Gasteiger partial charge in [-0.25, -0.2) is 10.4 Å². The highest BCUT2D eigenvalue weighted by Gasteiger charge is 2.05. The van der Waals surface area contributed by atoms with Crippen molar-refractivity contribution in [2.75, 3.05) is 12.5 Å². The maximum Gasteiger partial charge on any atom is 0.252 e. The number of benzene rings is 2. The van der Waals surface area contributed by atoms with Gasteiger partial charge >= 0.3 is 0 Å². The second-order valence-corrected chi connectivity index (χ2v) is 5.01. The number of hydrogen-bond acceptors (Lipinski definition) is 5. The molecule has 0 fully saturated rings. The first-order chi connectivity index (χ1) is 11.2. The van der Waals surface area contributed by atoms with E-state index in [1.54, 1.807) is 20.2 Å². The molecule has 0 aliphatic rings. The summed E-state index contributed by atoms with van der Waals surface area (Å²) in [6.07, 6.45) is 1.66. The molecule has 0 amide bonds. The Bertz CT molecular complexity index is 931. The lowest BCUT2D eigenvalue weighted by molar-refractivity contribution is 0.415. The number of hydrazone groups is 1. The smallest absolute Gasteiger partial charge is 0.252 e. The molecule has 6 heteroatoms. The van der Waals surface area contributed by atoms with Gasteiger partial charge in [-0.15, -0.1) is 0 Å². The second kappa shape index (κ2) is 6.31. The highest BCUT2D eigenvalue weighted by atomic mass is 16.5. The van der Waals surface area contributed by atoms with Gasteiger partial charge < -0.3 is 4.74 Å². The van der Waals surface area contributed by atoms with Crippen LogP contribution < -0.4 is 15.7 Å². The second-order valence-electron chi connectivity index (χ2n) is 5.01. The molecule has 0 spiro atoms. The molecule has 6 nitrogen and oxygen atoms in total. The predicted octanol–water partition coefficient (Wildman–Crippen LogP) is 2.69. The van der Waals surface area contributed by atoms with Gasteiger partial charge in [0.25, 0.3) is 5.56 Å². The van der Waals surface area contributed by atoms with Gasteiger partial charge in [0.2, 0.25) is 5.95 Å². The molecule has 0 aliphatic carbocycles. The Morgan fingerprint density at radius 1 is 1.26 bits per heavy atom. The van der Waals surface area contributed by atoms with Crippen LogP contribution in [0.5, 0.6) is 5.75 Å². The number of aryl methyl sites for hydroxylation is 1. The van der Waals surface area contributed by atoms with Crippen LogP contribution in [-0.2, 0) is 0 Å². The highest BCUT2D eigenvalue weighted by Crippen LogP contribution is 2.26. The van der Waals surface area contributed by atoms with E-state index in [9.17, 15) is 4.79 Å². The standard InChI is InChI=1S/C17H16N4O2/c1-11-9-16(22)20-17(19-11)21-18-10-14-13-6-4-3-5-12(13)7-8-15(14)23-2/h3-10H,1-2H3,(H2,19,20,21,22)/b18-10-. The summed E-state index contributed by atoms with van der Waals surface area (Å²) in [6, 6.07) is 13.3. The van der Waals surface area contributed by atoms with Crippen molar-refractivity contribution in [2.45, 2.75) is 6.92 Å². The zero-order valence-corrected chi connectivity index (χ0v) is 12.8. The van der Waals surface area contributed by atoms with Crippen LogP contribution in [0.15, 0.2) is 52.4 Å². The predicted molar refractivity (Wildman–Crippen MR) is 91.3 cm³/mol. The normalized spacial score (nSPS) is 11.0. The Morgan fingerprint density at radius 3 is 2.87 bits per heavy atom. The molecule has 23 heavy (non-hydrogen) atoms. The Balaban J connectivity index is 1.95. The van der Waals surface area contributed by atoms with Gasteiger partial charge in [0.1, 0.15) is 5.75 Å². The van der Waals surface area contributed by atoms with Crippen LogP contribution in [0.25, 0.3) is 10.8 Å². The number of aromatic nitrogens is 2. The van der Waals surface area contributed by atoms with Crippen LogP contribution in [-0.4, -0.2) is 23.3 Å². The molecule has 2 aromatic carbocycles. The third kappa shape index (κ3) is 3.21. The van der Waals surface area contributed by atoms with E-state index in [0.717, 1.165) is 22.1 Å². The highest BCUT2D eigenvalue weighted by molar-refractivity contribution is 6.02. The van der Waals surface area contributed by atoms with E-state index >= 15 is 0 Å². The van der Waals surface area contributed by atoms with E-state index in [2.05, 4.69) is 20.5 Å². The van der Waals surface area contributed by atoms with Crippen LogP contribution in [0, 0.1) is 6.92 Å². The van der Waals surface area contributed by atoms with Crippen molar-refractivity contribution in [2.24, 2.45) is 5.10 Å². The Hall–Kier alpha value is -3.15. The first-order valence-corrected chi connectivity index (χ1v) is 7.10. The molecule has 116 valence electrons. The average molecular weight is 308 g/mol. The summed E-state index contributed by atoms with van der Waals surface area (Å²) in [4.78, 5) is 18.1. The number of nitrogens with zero attached hydrogens (tertiary/aromatic N) is 2. The largest absolute Gasteiger partial charge is 0.496 e. The molecule has 0 radical (unpaired) electrons. The maximum atomic E-state index is 11.4. The van der Waals surface area contributed by atoms with Gasteiger partial charge in [-0.05, 0) is 23.8 Å². The van der Waals surface area contributed by atoms with Crippen molar-refractivity contribution >= 4 is 22.9 Å². The minimum absolute atomic E-state index is 0.224. The Kier molecular flexibility index (Phi) is 4.05. The summed E-state index contributed by atoms with van der Waals surface area (Å²) in [5.74, 6) is 1.02. The molecule has 0 saturated heterocycles. The summed E-state index contributed by atoms with van der Waals surface area (Å²) in [5, 5.41) is 6.29. The van der Waals surface area contributed by atoms with Gasteiger partial charge in [0.15, 0.2) is 0 Å². The minimum Gasteiger partial charge on any atom is -0.496 e. The molecule has 0 saturated carbocycles. The van der Waals surface area contributed by atoms with Gasteiger partial charge in [-0.1, -0.05) is 30.3 Å². The number of ether oxygens (including phenoxy) is 1. The average Bonchev–Trinajstić information content (AvgIpc) is 2.54. The topological polar surface area (TPSA) is 79.4 Å². The Labute approximate surface area is 132 Å². The fourth-order valence-electron chi connectivity index (χ4n) is 2.38. The SMILES string of the molecule is COc1ccc2ccccc2c1/C=N\Nc1nc(C)cc(=O)[nH]1. The summed E-state index contributed by atoms with van der Waals surface area (Å²) >= 11 is 0. The van der Waals surface area contributed by atoms with Gasteiger partial charge in [-0.3, -0.25) is 9.78 Å². The summed E-state index contributed by atoms with van der Waals surface area (Å²) in [6.45, 7) is 1.75. The van der Waals surface area contributed by atoms with Gasteiger partial charge in [0.05, 0.1) is 13.3 Å². The lowest BCUT2D eigenvalue weighted by atomic mass is 10.0. The zero-order valence-electron chi connectivity index (χ0n) is 12.8. The molecule has 0 atom stereocenters.